The van der Waals surface area contributed by atoms with Gasteiger partial charge in [0.05, 0.1) is 0 Å². The topological polar surface area (TPSA) is 34.0 Å². The summed E-state index contributed by atoms with van der Waals surface area (Å²) in [5.41, 5.74) is 1.06. The molecule has 1 amide bonds. The second kappa shape index (κ2) is 4.81. The van der Waals surface area contributed by atoms with Crippen LogP contribution in [0.5, 0.6) is 0 Å². The smallest absolute Gasteiger partial charge is 0.272 e. The number of benzene rings is 1. The van der Waals surface area contributed by atoms with Crippen molar-refractivity contribution in [2.24, 2.45) is 0 Å². The SMILES string of the molecule is O=C(Nc1cccc(F)c1)c1cc(Br)cn1C1CC1. The molecule has 0 atom stereocenters. The van der Waals surface area contributed by atoms with Crippen molar-refractivity contribution in [3.63, 3.8) is 0 Å². The van der Waals surface area contributed by atoms with Crippen molar-refractivity contribution >= 4 is 27.5 Å². The van der Waals surface area contributed by atoms with Crippen molar-refractivity contribution in [1.82, 2.24) is 4.57 Å². The summed E-state index contributed by atoms with van der Waals surface area (Å²) in [6, 6.07) is 8.09. The molecule has 0 aliphatic heterocycles. The number of nitrogens with one attached hydrogen (secondary N) is 1. The minimum absolute atomic E-state index is 0.219. The van der Waals surface area contributed by atoms with Crippen molar-refractivity contribution in [3.8, 4) is 0 Å². The summed E-state index contributed by atoms with van der Waals surface area (Å²) < 4.78 is 15.9. The molecule has 1 heterocycles. The maximum absolute atomic E-state index is 13.1. The number of nitrogens with zero attached hydrogens (tertiary/aromatic N) is 1. The third kappa shape index (κ3) is 2.71. The highest BCUT2D eigenvalue weighted by Crippen LogP contribution is 2.37. The number of carbonyl (C=O) groups is 1. The monoisotopic (exact) mass is 322 g/mol. The van der Waals surface area contributed by atoms with E-state index in [4.69, 9.17) is 0 Å². The van der Waals surface area contributed by atoms with Crippen LogP contribution in [0.1, 0.15) is 29.4 Å². The van der Waals surface area contributed by atoms with Crippen LogP contribution in [-0.4, -0.2) is 10.5 Å². The molecule has 0 radical (unpaired) electrons. The predicted octanol–water partition coefficient (Wildman–Crippen LogP) is 3.98. The van der Waals surface area contributed by atoms with Crippen LogP contribution in [0.4, 0.5) is 10.1 Å². The van der Waals surface area contributed by atoms with Gasteiger partial charge < -0.3 is 9.88 Å². The first-order valence-electron chi connectivity index (χ1n) is 6.08. The summed E-state index contributed by atoms with van der Waals surface area (Å²) in [5.74, 6) is -0.584. The Hall–Kier alpha value is -1.62. The fourth-order valence-electron chi connectivity index (χ4n) is 2.04. The molecule has 98 valence electrons. The van der Waals surface area contributed by atoms with Crippen molar-refractivity contribution in [2.75, 3.05) is 5.32 Å². The molecule has 1 aromatic heterocycles. The molecule has 1 aliphatic rings. The first kappa shape index (κ1) is 12.4. The van der Waals surface area contributed by atoms with Gasteiger partial charge >= 0.3 is 0 Å². The van der Waals surface area contributed by atoms with Gasteiger partial charge in [-0.25, -0.2) is 4.39 Å². The molecule has 1 N–H and O–H groups in total. The zero-order valence-electron chi connectivity index (χ0n) is 10.1. The molecule has 3 rings (SSSR count). The molecule has 0 spiro atoms. The second-order valence-corrected chi connectivity index (χ2v) is 5.56. The van der Waals surface area contributed by atoms with Gasteiger partial charge in [0.1, 0.15) is 11.5 Å². The van der Waals surface area contributed by atoms with Gasteiger partial charge in [0.15, 0.2) is 0 Å². The van der Waals surface area contributed by atoms with E-state index in [1.54, 1.807) is 18.2 Å². The quantitative estimate of drug-likeness (QED) is 0.911. The first-order valence-corrected chi connectivity index (χ1v) is 6.87. The zero-order valence-corrected chi connectivity index (χ0v) is 11.7. The molecule has 5 heteroatoms. The fraction of sp³-hybridized carbons (Fsp3) is 0.214. The van der Waals surface area contributed by atoms with Crippen LogP contribution in [0.25, 0.3) is 0 Å². The number of hydrogen-bond donors (Lipinski definition) is 1. The third-order valence-electron chi connectivity index (χ3n) is 3.07. The van der Waals surface area contributed by atoms with E-state index in [1.807, 2.05) is 10.8 Å². The number of carbonyl (C=O) groups excluding carboxylic acids is 1. The van der Waals surface area contributed by atoms with Gasteiger partial charge in [-0.3, -0.25) is 4.79 Å². The number of halogens is 2. The normalized spacial score (nSPS) is 14.4. The maximum Gasteiger partial charge on any atom is 0.272 e. The van der Waals surface area contributed by atoms with Crippen molar-refractivity contribution in [3.05, 3.63) is 52.5 Å². The van der Waals surface area contributed by atoms with E-state index in [-0.39, 0.29) is 11.7 Å². The standard InChI is InChI=1S/C14H12BrFN2O/c15-9-6-13(18(8-9)12-4-5-12)14(19)17-11-3-1-2-10(16)7-11/h1-3,6-8,12H,4-5H2,(H,17,19). The fourth-order valence-corrected chi connectivity index (χ4v) is 2.48. The van der Waals surface area contributed by atoms with E-state index in [0.717, 1.165) is 17.3 Å². The molecule has 0 saturated heterocycles. The molecular weight excluding hydrogens is 311 g/mol. The van der Waals surface area contributed by atoms with Crippen LogP contribution in [0, 0.1) is 5.82 Å². The van der Waals surface area contributed by atoms with Gasteiger partial charge in [0.2, 0.25) is 0 Å². The number of aromatic nitrogens is 1. The summed E-state index contributed by atoms with van der Waals surface area (Å²) in [5, 5.41) is 2.71. The summed E-state index contributed by atoms with van der Waals surface area (Å²) in [4.78, 5) is 12.2. The van der Waals surface area contributed by atoms with Gasteiger partial charge in [0.25, 0.3) is 5.91 Å². The van der Waals surface area contributed by atoms with Crippen molar-refractivity contribution < 1.29 is 9.18 Å². The molecule has 1 aromatic carbocycles. The molecule has 1 aliphatic carbocycles. The lowest BCUT2D eigenvalue weighted by Crippen LogP contribution is -2.16. The highest BCUT2D eigenvalue weighted by atomic mass is 79.9. The minimum Gasteiger partial charge on any atom is -0.339 e. The Morgan fingerprint density at radius 3 is 2.84 bits per heavy atom. The van der Waals surface area contributed by atoms with Gasteiger partial charge in [-0.1, -0.05) is 6.07 Å². The Labute approximate surface area is 118 Å². The lowest BCUT2D eigenvalue weighted by atomic mass is 10.3. The number of hydrogen-bond acceptors (Lipinski definition) is 1. The largest absolute Gasteiger partial charge is 0.339 e. The van der Waals surface area contributed by atoms with Crippen LogP contribution < -0.4 is 5.32 Å². The molecule has 19 heavy (non-hydrogen) atoms. The third-order valence-corrected chi connectivity index (χ3v) is 3.50. The van der Waals surface area contributed by atoms with E-state index < -0.39 is 0 Å². The summed E-state index contributed by atoms with van der Waals surface area (Å²) >= 11 is 3.38. The number of amides is 1. The Balaban J connectivity index is 1.84. The van der Waals surface area contributed by atoms with E-state index in [0.29, 0.717) is 17.4 Å². The molecule has 1 fully saturated rings. The van der Waals surface area contributed by atoms with E-state index >= 15 is 0 Å². The van der Waals surface area contributed by atoms with Crippen molar-refractivity contribution in [1.29, 1.82) is 0 Å². The molecule has 0 unspecified atom stereocenters. The van der Waals surface area contributed by atoms with Crippen LogP contribution in [-0.2, 0) is 0 Å². The average molecular weight is 323 g/mol. The molecule has 0 bridgehead atoms. The Kier molecular flexibility index (Phi) is 3.14. The zero-order chi connectivity index (χ0) is 13.4. The Bertz CT molecular complexity index is 634. The van der Waals surface area contributed by atoms with E-state index in [9.17, 15) is 9.18 Å². The van der Waals surface area contributed by atoms with Gasteiger partial charge in [0, 0.05) is 22.4 Å². The van der Waals surface area contributed by atoms with Crippen LogP contribution >= 0.6 is 15.9 Å². The molecular formula is C14H12BrFN2O. The van der Waals surface area contributed by atoms with Gasteiger partial charge in [-0.2, -0.15) is 0 Å². The van der Waals surface area contributed by atoms with Crippen LogP contribution in [0.15, 0.2) is 41.0 Å². The summed E-state index contributed by atoms with van der Waals surface area (Å²) in [7, 11) is 0. The van der Waals surface area contributed by atoms with Gasteiger partial charge in [-0.15, -0.1) is 0 Å². The number of anilines is 1. The Morgan fingerprint density at radius 2 is 2.16 bits per heavy atom. The van der Waals surface area contributed by atoms with Crippen LogP contribution in [0.2, 0.25) is 0 Å². The van der Waals surface area contributed by atoms with Crippen LogP contribution in [0.3, 0.4) is 0 Å². The lowest BCUT2D eigenvalue weighted by molar-refractivity contribution is 0.101. The Morgan fingerprint density at radius 1 is 1.37 bits per heavy atom. The first-order chi connectivity index (χ1) is 9.13. The van der Waals surface area contributed by atoms with E-state index in [2.05, 4.69) is 21.2 Å². The molecule has 2 aromatic rings. The highest BCUT2D eigenvalue weighted by molar-refractivity contribution is 9.10. The van der Waals surface area contributed by atoms with Gasteiger partial charge in [-0.05, 0) is 53.0 Å². The lowest BCUT2D eigenvalue weighted by Gasteiger charge is -2.08. The maximum atomic E-state index is 13.1. The second-order valence-electron chi connectivity index (χ2n) is 4.65. The van der Waals surface area contributed by atoms with Crippen molar-refractivity contribution in [2.45, 2.75) is 18.9 Å². The predicted molar refractivity (Wildman–Crippen MR) is 74.8 cm³/mol. The summed E-state index contributed by atoms with van der Waals surface area (Å²) in [6.07, 6.45) is 4.11. The average Bonchev–Trinajstić information content (AvgIpc) is 3.12. The minimum atomic E-state index is -0.364. The molecule has 3 nitrogen and oxygen atoms in total. The number of rotatable bonds is 3. The van der Waals surface area contributed by atoms with E-state index in [1.165, 1.54) is 12.1 Å². The highest BCUT2D eigenvalue weighted by Gasteiger charge is 2.27. The molecule has 1 saturated carbocycles. The summed E-state index contributed by atoms with van der Waals surface area (Å²) in [6.45, 7) is 0.